The molecule has 0 bridgehead atoms. The molecule has 2 aromatic rings. The molecule has 100 valence electrons. The van der Waals surface area contributed by atoms with Crippen molar-refractivity contribution in [2.45, 2.75) is 32.1 Å². The minimum absolute atomic E-state index is 0.566. The molecular weight excluding hydrogens is 272 g/mol. The summed E-state index contributed by atoms with van der Waals surface area (Å²) in [6.45, 7) is 0. The molecule has 1 heterocycles. The zero-order valence-electron chi connectivity index (χ0n) is 10.8. The Kier molecular flexibility index (Phi) is 5.61. The van der Waals surface area contributed by atoms with E-state index < -0.39 is 0 Å². The summed E-state index contributed by atoms with van der Waals surface area (Å²) in [5.74, 6) is 1.01. The van der Waals surface area contributed by atoms with Crippen LogP contribution in [0.3, 0.4) is 0 Å². The lowest BCUT2D eigenvalue weighted by Gasteiger charge is -2.05. The van der Waals surface area contributed by atoms with Crippen LogP contribution in [0.25, 0.3) is 0 Å². The minimum Gasteiger partial charge on any atom is -0.289 e. The molecule has 0 saturated carbocycles. The SMILES string of the molecule is S=C(S)n1ccnc1CCCCCc1ccccc1. The number of rotatable bonds is 6. The Morgan fingerprint density at radius 2 is 1.84 bits per heavy atom. The standard InChI is InChI=1S/C15H18N2S2/c18-15(19)17-12-11-16-14(17)10-6-2-5-9-13-7-3-1-4-8-13/h1,3-4,7-8,11-12H,2,5-6,9-10H2,(H,18,19). The Hall–Kier alpha value is -1.13. The fraction of sp³-hybridized carbons (Fsp3) is 0.333. The predicted octanol–water partition coefficient (Wildman–Crippen LogP) is 3.90. The number of nitrogens with zero attached hydrogens (tertiary/aromatic N) is 2. The average molecular weight is 290 g/mol. The number of benzene rings is 1. The van der Waals surface area contributed by atoms with Crippen LogP contribution in [0, 0.1) is 0 Å². The molecular formula is C15H18N2S2. The van der Waals surface area contributed by atoms with E-state index in [0.717, 1.165) is 25.1 Å². The van der Waals surface area contributed by atoms with Crippen LogP contribution >= 0.6 is 24.8 Å². The molecule has 0 radical (unpaired) electrons. The summed E-state index contributed by atoms with van der Waals surface area (Å²) < 4.78 is 2.44. The first-order chi connectivity index (χ1) is 9.27. The Morgan fingerprint density at radius 1 is 1.11 bits per heavy atom. The van der Waals surface area contributed by atoms with Gasteiger partial charge in [-0.25, -0.2) is 4.98 Å². The molecule has 0 aliphatic carbocycles. The second kappa shape index (κ2) is 7.46. The van der Waals surface area contributed by atoms with Gasteiger partial charge in [-0.15, -0.1) is 12.6 Å². The molecule has 4 heteroatoms. The van der Waals surface area contributed by atoms with E-state index >= 15 is 0 Å². The highest BCUT2D eigenvalue weighted by atomic mass is 32.1. The van der Waals surface area contributed by atoms with Crippen LogP contribution in [0.15, 0.2) is 42.7 Å². The lowest BCUT2D eigenvalue weighted by atomic mass is 10.1. The average Bonchev–Trinajstić information content (AvgIpc) is 2.88. The van der Waals surface area contributed by atoms with Gasteiger partial charge in [-0.3, -0.25) is 4.57 Å². The van der Waals surface area contributed by atoms with Gasteiger partial charge in [0.1, 0.15) is 10.1 Å². The van der Waals surface area contributed by atoms with E-state index in [4.69, 9.17) is 12.2 Å². The van der Waals surface area contributed by atoms with E-state index in [-0.39, 0.29) is 0 Å². The fourth-order valence-electron chi connectivity index (χ4n) is 2.13. The van der Waals surface area contributed by atoms with Gasteiger partial charge in [0.25, 0.3) is 0 Å². The Bertz CT molecular complexity index is 520. The largest absolute Gasteiger partial charge is 0.289 e. The van der Waals surface area contributed by atoms with Crippen molar-refractivity contribution in [2.24, 2.45) is 0 Å². The van der Waals surface area contributed by atoms with Gasteiger partial charge in [0.2, 0.25) is 0 Å². The summed E-state index contributed by atoms with van der Waals surface area (Å²) in [5.41, 5.74) is 1.42. The lowest BCUT2D eigenvalue weighted by molar-refractivity contribution is 0.661. The monoisotopic (exact) mass is 290 g/mol. The maximum Gasteiger partial charge on any atom is 0.142 e. The maximum atomic E-state index is 5.06. The minimum atomic E-state index is 0.566. The van der Waals surface area contributed by atoms with Crippen LogP contribution in [0.1, 0.15) is 30.7 Å². The van der Waals surface area contributed by atoms with E-state index in [0.29, 0.717) is 4.32 Å². The third kappa shape index (κ3) is 4.48. The van der Waals surface area contributed by atoms with Crippen molar-refractivity contribution >= 4 is 29.2 Å². The van der Waals surface area contributed by atoms with Crippen LogP contribution in [0.5, 0.6) is 0 Å². The number of unbranched alkanes of at least 4 members (excludes halogenated alkanes) is 2. The molecule has 0 aliphatic rings. The molecule has 1 aromatic carbocycles. The van der Waals surface area contributed by atoms with Crippen LogP contribution in [-0.2, 0) is 12.8 Å². The van der Waals surface area contributed by atoms with Crippen molar-refractivity contribution in [1.29, 1.82) is 0 Å². The first kappa shape index (κ1) is 14.3. The Morgan fingerprint density at radius 3 is 2.58 bits per heavy atom. The van der Waals surface area contributed by atoms with Crippen molar-refractivity contribution in [3.8, 4) is 0 Å². The number of thiocarbonyl (C=S) groups is 1. The zero-order chi connectivity index (χ0) is 13.5. The normalized spacial score (nSPS) is 10.6. The molecule has 0 fully saturated rings. The molecule has 0 N–H and O–H groups in total. The zero-order valence-corrected chi connectivity index (χ0v) is 12.5. The van der Waals surface area contributed by atoms with Gasteiger partial charge in [-0.1, -0.05) is 49.0 Å². The number of aromatic nitrogens is 2. The van der Waals surface area contributed by atoms with Gasteiger partial charge in [0.15, 0.2) is 0 Å². The van der Waals surface area contributed by atoms with Crippen molar-refractivity contribution < 1.29 is 0 Å². The van der Waals surface area contributed by atoms with Gasteiger partial charge < -0.3 is 0 Å². The highest BCUT2D eigenvalue weighted by Gasteiger charge is 2.04. The van der Waals surface area contributed by atoms with Gasteiger partial charge in [0, 0.05) is 18.8 Å². The summed E-state index contributed by atoms with van der Waals surface area (Å²) in [6, 6.07) is 10.6. The van der Waals surface area contributed by atoms with Crippen LogP contribution in [0.4, 0.5) is 0 Å². The van der Waals surface area contributed by atoms with Crippen LogP contribution in [0.2, 0.25) is 0 Å². The second-order valence-electron chi connectivity index (χ2n) is 4.54. The number of aryl methyl sites for hydroxylation is 2. The molecule has 0 saturated heterocycles. The smallest absolute Gasteiger partial charge is 0.142 e. The summed E-state index contributed by atoms with van der Waals surface area (Å²) in [5, 5.41) is 0. The van der Waals surface area contributed by atoms with Gasteiger partial charge in [-0.05, 0) is 24.8 Å². The van der Waals surface area contributed by atoms with Gasteiger partial charge >= 0.3 is 0 Å². The van der Waals surface area contributed by atoms with E-state index in [1.165, 1.54) is 18.4 Å². The summed E-state index contributed by atoms with van der Waals surface area (Å²) in [4.78, 5) is 4.32. The topological polar surface area (TPSA) is 17.8 Å². The third-order valence-corrected chi connectivity index (χ3v) is 3.54. The third-order valence-electron chi connectivity index (χ3n) is 3.13. The Balaban J connectivity index is 1.70. The van der Waals surface area contributed by atoms with Crippen molar-refractivity contribution in [1.82, 2.24) is 9.55 Å². The summed E-state index contributed by atoms with van der Waals surface area (Å²) in [7, 11) is 0. The highest BCUT2D eigenvalue weighted by Crippen LogP contribution is 2.10. The van der Waals surface area contributed by atoms with Gasteiger partial charge in [0.05, 0.1) is 0 Å². The number of hydrogen-bond acceptors (Lipinski definition) is 2. The molecule has 2 rings (SSSR count). The first-order valence-electron chi connectivity index (χ1n) is 6.57. The molecule has 0 spiro atoms. The fourth-order valence-corrected chi connectivity index (χ4v) is 2.48. The Labute approximate surface area is 125 Å². The van der Waals surface area contributed by atoms with E-state index in [9.17, 15) is 0 Å². The lowest BCUT2D eigenvalue weighted by Crippen LogP contribution is -2.06. The van der Waals surface area contributed by atoms with Crippen molar-refractivity contribution in [3.05, 3.63) is 54.1 Å². The second-order valence-corrected chi connectivity index (χ2v) is 5.66. The molecule has 2 nitrogen and oxygen atoms in total. The van der Waals surface area contributed by atoms with E-state index in [2.05, 4.69) is 47.9 Å². The first-order valence-corrected chi connectivity index (χ1v) is 7.42. The molecule has 19 heavy (non-hydrogen) atoms. The highest BCUT2D eigenvalue weighted by molar-refractivity contribution is 8.11. The van der Waals surface area contributed by atoms with Crippen LogP contribution in [-0.4, -0.2) is 13.9 Å². The van der Waals surface area contributed by atoms with Crippen molar-refractivity contribution in [2.75, 3.05) is 0 Å². The maximum absolute atomic E-state index is 5.06. The predicted molar refractivity (Wildman–Crippen MR) is 86.9 cm³/mol. The van der Waals surface area contributed by atoms with Crippen molar-refractivity contribution in [3.63, 3.8) is 0 Å². The molecule has 1 aromatic heterocycles. The van der Waals surface area contributed by atoms with Gasteiger partial charge in [-0.2, -0.15) is 0 Å². The quantitative estimate of drug-likeness (QED) is 0.494. The number of thiol groups is 1. The number of hydrogen-bond donors (Lipinski definition) is 1. The molecule has 0 aliphatic heterocycles. The summed E-state index contributed by atoms with van der Waals surface area (Å²) >= 11 is 9.24. The number of imidazole rings is 1. The molecule has 0 atom stereocenters. The van der Waals surface area contributed by atoms with E-state index in [1.807, 2.05) is 10.8 Å². The molecule has 0 amide bonds. The van der Waals surface area contributed by atoms with E-state index in [1.54, 1.807) is 6.20 Å². The summed E-state index contributed by atoms with van der Waals surface area (Å²) in [6.07, 6.45) is 9.33. The molecule has 0 unspecified atom stereocenters. The van der Waals surface area contributed by atoms with Crippen LogP contribution < -0.4 is 0 Å².